The number of benzene rings is 1. The molecule has 7 heteroatoms. The van der Waals surface area contributed by atoms with Crippen LogP contribution in [0.2, 0.25) is 0 Å². The molecule has 0 aliphatic carbocycles. The van der Waals surface area contributed by atoms with Gasteiger partial charge in [0, 0.05) is 5.71 Å². The third kappa shape index (κ3) is 7.76. The number of phenolic OH excluding ortho intramolecular Hbond substituents is 1. The summed E-state index contributed by atoms with van der Waals surface area (Å²) in [5.74, 6) is -0.543. The quantitative estimate of drug-likeness (QED) is 0.304. The minimum atomic E-state index is -0.546. The summed E-state index contributed by atoms with van der Waals surface area (Å²) in [6.07, 6.45) is 0.0446. The van der Waals surface area contributed by atoms with E-state index in [1.54, 1.807) is 6.92 Å². The Kier molecular flexibility index (Phi) is 9.69. The van der Waals surface area contributed by atoms with Crippen LogP contribution in [0.1, 0.15) is 13.3 Å². The summed E-state index contributed by atoms with van der Waals surface area (Å²) in [7, 11) is 1.29. The normalized spacial score (nSPS) is 10.4. The zero-order chi connectivity index (χ0) is 14.3. The molecule has 0 heterocycles. The van der Waals surface area contributed by atoms with Gasteiger partial charge >= 0.3 is 63.3 Å². The molecule has 0 bridgehead atoms. The van der Waals surface area contributed by atoms with Gasteiger partial charge in [-0.25, -0.2) is 4.79 Å². The van der Waals surface area contributed by atoms with Gasteiger partial charge in [0.05, 0.1) is 13.5 Å². The number of hydrogen-bond acceptors (Lipinski definition) is 6. The zero-order valence-electron chi connectivity index (χ0n) is 11.8. The fourth-order valence-electron chi connectivity index (χ4n) is 1.21. The number of nitrogens with zero attached hydrogens (tertiary/aromatic N) is 1. The molecule has 0 spiro atoms. The number of carbonyl (C=O) groups excluding carboxylic acids is 2. The molecule has 1 aromatic rings. The zero-order valence-corrected chi connectivity index (χ0v) is 14.9. The van der Waals surface area contributed by atoms with E-state index >= 15 is 0 Å². The molecule has 0 saturated carbocycles. The van der Waals surface area contributed by atoms with Crippen molar-refractivity contribution in [1.82, 2.24) is 0 Å². The molecule has 102 valence electrons. The van der Waals surface area contributed by atoms with Crippen molar-refractivity contribution in [2.24, 2.45) is 4.99 Å². The Morgan fingerprint density at radius 1 is 1.20 bits per heavy atom. The maximum atomic E-state index is 11.4. The monoisotopic (exact) mass is 304 g/mol. The predicted octanol–water partition coefficient (Wildman–Crippen LogP) is -1.67. The minimum Gasteiger partial charge on any atom is -0.508 e. The van der Waals surface area contributed by atoms with E-state index in [1.165, 1.54) is 31.4 Å². The van der Waals surface area contributed by atoms with Crippen molar-refractivity contribution < 1.29 is 75.6 Å². The molecule has 0 radical (unpaired) electrons. The molecule has 1 aromatic carbocycles. The van der Waals surface area contributed by atoms with Gasteiger partial charge in [-0.1, -0.05) is 0 Å². The molecular formula is C13H15KNO5+. The topological polar surface area (TPSA) is 85.2 Å². The van der Waals surface area contributed by atoms with Crippen molar-refractivity contribution in [1.29, 1.82) is 0 Å². The molecule has 0 aromatic heterocycles. The van der Waals surface area contributed by atoms with E-state index in [-0.39, 0.29) is 70.1 Å². The van der Waals surface area contributed by atoms with E-state index < -0.39 is 11.9 Å². The predicted molar refractivity (Wildman–Crippen MR) is 68.4 cm³/mol. The van der Waals surface area contributed by atoms with Crippen molar-refractivity contribution in [2.45, 2.75) is 13.3 Å². The fraction of sp³-hybridized carbons (Fsp3) is 0.308. The summed E-state index contributed by atoms with van der Waals surface area (Å²) in [4.78, 5) is 26.3. The molecule has 0 amide bonds. The number of rotatable bonds is 5. The number of aliphatic imine (C=N–C) groups is 1. The molecule has 0 aliphatic rings. The van der Waals surface area contributed by atoms with Crippen LogP contribution in [0.3, 0.4) is 0 Å². The fourth-order valence-corrected chi connectivity index (χ4v) is 1.21. The average molecular weight is 304 g/mol. The summed E-state index contributed by atoms with van der Waals surface area (Å²) in [5.41, 5.74) is 0.495. The van der Waals surface area contributed by atoms with Gasteiger partial charge in [0.15, 0.2) is 0 Å². The smallest absolute Gasteiger partial charge is 0.508 e. The van der Waals surface area contributed by atoms with Crippen molar-refractivity contribution >= 4 is 17.7 Å². The van der Waals surface area contributed by atoms with Crippen LogP contribution in [-0.2, 0) is 14.3 Å². The molecule has 0 saturated heterocycles. The van der Waals surface area contributed by atoms with Gasteiger partial charge in [0.1, 0.15) is 18.0 Å². The third-order valence-corrected chi connectivity index (χ3v) is 2.17. The van der Waals surface area contributed by atoms with Gasteiger partial charge in [-0.15, -0.1) is 0 Å². The van der Waals surface area contributed by atoms with Gasteiger partial charge in [-0.3, -0.25) is 9.79 Å². The van der Waals surface area contributed by atoms with Crippen LogP contribution >= 0.6 is 0 Å². The van der Waals surface area contributed by atoms with Gasteiger partial charge in [-0.05, 0) is 31.2 Å². The van der Waals surface area contributed by atoms with Gasteiger partial charge in [-0.2, -0.15) is 0 Å². The Labute approximate surface area is 159 Å². The molecule has 0 fully saturated rings. The standard InChI is InChI=1S/C13H15NO5.K/c1-9(7-12(16)18-2)14-8-13(17)19-11-5-3-10(15)4-6-11;/h3-6,15H,7-8H2,1-2H3;/q;+1. The maximum Gasteiger partial charge on any atom is 1.00 e. The van der Waals surface area contributed by atoms with Crippen LogP contribution in [0, 0.1) is 0 Å². The maximum absolute atomic E-state index is 11.4. The molecule has 0 unspecified atom stereocenters. The van der Waals surface area contributed by atoms with E-state index in [9.17, 15) is 9.59 Å². The first-order valence-electron chi connectivity index (χ1n) is 5.57. The van der Waals surface area contributed by atoms with E-state index in [1.807, 2.05) is 0 Å². The molecule has 6 nitrogen and oxygen atoms in total. The van der Waals surface area contributed by atoms with E-state index in [0.29, 0.717) is 11.5 Å². The number of ether oxygens (including phenoxy) is 2. The van der Waals surface area contributed by atoms with Gasteiger partial charge < -0.3 is 14.6 Å². The molecule has 1 rings (SSSR count). The van der Waals surface area contributed by atoms with Gasteiger partial charge in [0.2, 0.25) is 0 Å². The van der Waals surface area contributed by atoms with Crippen molar-refractivity contribution in [2.75, 3.05) is 13.7 Å². The average Bonchev–Trinajstić information content (AvgIpc) is 2.39. The minimum absolute atomic E-state index is 0. The number of phenols is 1. The van der Waals surface area contributed by atoms with Crippen molar-refractivity contribution in [3.8, 4) is 11.5 Å². The summed E-state index contributed by atoms with van der Waals surface area (Å²) in [6.45, 7) is 1.45. The van der Waals surface area contributed by atoms with Crippen LogP contribution in [0.4, 0.5) is 0 Å². The van der Waals surface area contributed by atoms with E-state index in [0.717, 1.165) is 0 Å². The molecule has 20 heavy (non-hydrogen) atoms. The summed E-state index contributed by atoms with van der Waals surface area (Å²) in [6, 6.07) is 5.76. The SMILES string of the molecule is COC(=O)CC(C)=NCC(=O)Oc1ccc(O)cc1.[K+]. The Hall–Kier alpha value is -0.734. The number of methoxy groups -OCH3 is 1. The first kappa shape index (κ1) is 19.3. The number of hydrogen-bond donors (Lipinski definition) is 1. The van der Waals surface area contributed by atoms with Crippen molar-refractivity contribution in [3.05, 3.63) is 24.3 Å². The summed E-state index contributed by atoms with van der Waals surface area (Å²) >= 11 is 0. The number of aromatic hydroxyl groups is 1. The van der Waals surface area contributed by atoms with E-state index in [4.69, 9.17) is 9.84 Å². The number of carbonyl (C=O) groups is 2. The Balaban J connectivity index is 0.00000361. The van der Waals surface area contributed by atoms with Crippen LogP contribution < -0.4 is 56.1 Å². The molecule has 0 aliphatic heterocycles. The largest absolute Gasteiger partial charge is 1.00 e. The summed E-state index contributed by atoms with van der Waals surface area (Å²) in [5, 5.41) is 9.07. The van der Waals surface area contributed by atoms with Crippen LogP contribution in [-0.4, -0.2) is 36.4 Å². The Morgan fingerprint density at radius 3 is 2.35 bits per heavy atom. The Bertz CT molecular complexity index is 484. The molecular weight excluding hydrogens is 289 g/mol. The Morgan fingerprint density at radius 2 is 1.80 bits per heavy atom. The first-order valence-corrected chi connectivity index (χ1v) is 5.57. The molecule has 0 atom stereocenters. The van der Waals surface area contributed by atoms with Crippen LogP contribution in [0.5, 0.6) is 11.5 Å². The second-order valence-corrected chi connectivity index (χ2v) is 3.77. The first-order chi connectivity index (χ1) is 9.01. The number of esters is 2. The third-order valence-electron chi connectivity index (χ3n) is 2.17. The van der Waals surface area contributed by atoms with Gasteiger partial charge in [0.25, 0.3) is 0 Å². The second kappa shape index (κ2) is 10.1. The second-order valence-electron chi connectivity index (χ2n) is 3.77. The van der Waals surface area contributed by atoms with Crippen LogP contribution in [0.15, 0.2) is 29.3 Å². The van der Waals surface area contributed by atoms with Crippen molar-refractivity contribution in [3.63, 3.8) is 0 Å². The van der Waals surface area contributed by atoms with Crippen LogP contribution in [0.25, 0.3) is 0 Å². The van der Waals surface area contributed by atoms with E-state index in [2.05, 4.69) is 9.73 Å². The molecule has 1 N–H and O–H groups in total. The summed E-state index contributed by atoms with van der Waals surface area (Å²) < 4.78 is 9.45.